The highest BCUT2D eigenvalue weighted by atomic mass is 15.3. The van der Waals surface area contributed by atoms with Gasteiger partial charge >= 0.3 is 0 Å². The fourth-order valence-corrected chi connectivity index (χ4v) is 5.49. The molecule has 1 saturated carbocycles. The molecule has 0 spiro atoms. The summed E-state index contributed by atoms with van der Waals surface area (Å²) in [5, 5.41) is 22.9. The van der Waals surface area contributed by atoms with Crippen molar-refractivity contribution >= 4 is 11.5 Å². The standard InChI is InChI=1S/C23H30N6/c24-15-14-23(21-27-19-11-6-7-12-20(19)28-21)13-8-16-29(22(23)26-17-25)18-9-4-2-1-3-5-10-18/h6-7,11-12,18-19,21,27H,1-5,8-10,13-14,16H2. The number of fused-ring (bicyclic) bond motifs is 1. The molecule has 2 aliphatic carbocycles. The second kappa shape index (κ2) is 8.93. The molecule has 2 fully saturated rings. The zero-order valence-corrected chi connectivity index (χ0v) is 17.1. The van der Waals surface area contributed by atoms with Gasteiger partial charge in [0.1, 0.15) is 12.0 Å². The third-order valence-corrected chi connectivity index (χ3v) is 6.94. The van der Waals surface area contributed by atoms with Crippen LogP contribution in [0.1, 0.15) is 64.2 Å². The maximum Gasteiger partial charge on any atom is 0.207 e. The summed E-state index contributed by atoms with van der Waals surface area (Å²) in [7, 11) is 0. The van der Waals surface area contributed by atoms with Gasteiger partial charge < -0.3 is 4.90 Å². The van der Waals surface area contributed by atoms with Crippen LogP contribution in [0.4, 0.5) is 0 Å². The lowest BCUT2D eigenvalue weighted by Gasteiger charge is -2.48. The first-order valence-corrected chi connectivity index (χ1v) is 11.1. The van der Waals surface area contributed by atoms with Crippen molar-refractivity contribution in [2.75, 3.05) is 6.54 Å². The molecule has 29 heavy (non-hydrogen) atoms. The Balaban J connectivity index is 1.68. The summed E-state index contributed by atoms with van der Waals surface area (Å²) >= 11 is 0. The van der Waals surface area contributed by atoms with Gasteiger partial charge in [-0.05, 0) is 31.8 Å². The van der Waals surface area contributed by atoms with Gasteiger partial charge in [0, 0.05) is 12.6 Å². The van der Waals surface area contributed by atoms with E-state index in [2.05, 4.69) is 33.5 Å². The Morgan fingerprint density at radius 1 is 1.14 bits per heavy atom. The van der Waals surface area contributed by atoms with Crippen LogP contribution in [0.3, 0.4) is 0 Å². The molecule has 2 aliphatic heterocycles. The molecule has 2 heterocycles. The number of nitriles is 2. The Hall–Kier alpha value is -2.44. The van der Waals surface area contributed by atoms with Crippen molar-refractivity contribution in [2.24, 2.45) is 15.4 Å². The van der Waals surface area contributed by atoms with E-state index in [-0.39, 0.29) is 12.2 Å². The Bertz CT molecular complexity index is 802. The van der Waals surface area contributed by atoms with E-state index in [1.54, 1.807) is 0 Å². The summed E-state index contributed by atoms with van der Waals surface area (Å²) in [6.07, 6.45) is 20.8. The Kier molecular flexibility index (Phi) is 6.11. The number of amidine groups is 1. The van der Waals surface area contributed by atoms with E-state index in [1.807, 2.05) is 18.2 Å². The summed E-state index contributed by atoms with van der Waals surface area (Å²) in [5.41, 5.74) is 0.464. The smallest absolute Gasteiger partial charge is 0.207 e. The summed E-state index contributed by atoms with van der Waals surface area (Å²) < 4.78 is 0. The predicted octanol–water partition coefficient (Wildman–Crippen LogP) is 3.84. The van der Waals surface area contributed by atoms with Gasteiger partial charge in [0.2, 0.25) is 6.19 Å². The number of likely N-dealkylation sites (tertiary alicyclic amines) is 1. The molecule has 1 N–H and O–H groups in total. The van der Waals surface area contributed by atoms with E-state index in [0.29, 0.717) is 12.5 Å². The van der Waals surface area contributed by atoms with E-state index in [9.17, 15) is 10.5 Å². The molecular weight excluding hydrogens is 360 g/mol. The molecule has 3 unspecified atom stereocenters. The van der Waals surface area contributed by atoms with E-state index >= 15 is 0 Å². The molecule has 0 aromatic carbocycles. The maximum atomic E-state index is 9.76. The van der Waals surface area contributed by atoms with Crippen LogP contribution in [-0.4, -0.2) is 41.2 Å². The van der Waals surface area contributed by atoms with Gasteiger partial charge in [-0.2, -0.15) is 15.5 Å². The van der Waals surface area contributed by atoms with Crippen LogP contribution in [-0.2, 0) is 0 Å². The summed E-state index contributed by atoms with van der Waals surface area (Å²) in [4.78, 5) is 11.7. The van der Waals surface area contributed by atoms with Gasteiger partial charge in [0.05, 0.1) is 29.7 Å². The van der Waals surface area contributed by atoms with E-state index < -0.39 is 5.41 Å². The zero-order chi connectivity index (χ0) is 20.1. The SMILES string of the molecule is N#CCC1(C2N=C3C=CC=CC3N2)CCCN(C2CCCCCCC2)C1=NC#N. The lowest BCUT2D eigenvalue weighted by molar-refractivity contribution is 0.157. The number of piperidine rings is 1. The van der Waals surface area contributed by atoms with Gasteiger partial charge in [0.15, 0.2) is 0 Å². The second-order valence-electron chi connectivity index (χ2n) is 8.67. The summed E-state index contributed by atoms with van der Waals surface area (Å²) in [6.45, 7) is 0.922. The third-order valence-electron chi connectivity index (χ3n) is 6.94. The molecular formula is C23H30N6. The zero-order valence-electron chi connectivity index (χ0n) is 17.1. The minimum atomic E-state index is -0.545. The van der Waals surface area contributed by atoms with Gasteiger partial charge in [-0.15, -0.1) is 0 Å². The number of allylic oxidation sites excluding steroid dienone is 2. The van der Waals surface area contributed by atoms with Gasteiger partial charge in [-0.3, -0.25) is 10.3 Å². The van der Waals surface area contributed by atoms with Gasteiger partial charge in [0.25, 0.3) is 0 Å². The quantitative estimate of drug-likeness (QED) is 0.742. The average Bonchev–Trinajstić information content (AvgIpc) is 3.14. The number of hydrogen-bond acceptors (Lipinski definition) is 5. The highest BCUT2D eigenvalue weighted by molar-refractivity contribution is 6.04. The largest absolute Gasteiger partial charge is 0.356 e. The van der Waals surface area contributed by atoms with Crippen LogP contribution in [0.25, 0.3) is 0 Å². The summed E-state index contributed by atoms with van der Waals surface area (Å²) in [6, 6.07) is 2.91. The number of nitrogens with one attached hydrogen (secondary N) is 1. The molecule has 1 saturated heterocycles. The molecule has 0 bridgehead atoms. The number of aliphatic imine (C=N–C) groups is 2. The number of hydrogen-bond donors (Lipinski definition) is 1. The highest BCUT2D eigenvalue weighted by Gasteiger charge is 2.51. The summed E-state index contributed by atoms with van der Waals surface area (Å²) in [5.74, 6) is 0.798. The fourth-order valence-electron chi connectivity index (χ4n) is 5.49. The molecule has 6 nitrogen and oxygen atoms in total. The van der Waals surface area contributed by atoms with Crippen molar-refractivity contribution < 1.29 is 0 Å². The van der Waals surface area contributed by atoms with E-state index in [1.165, 1.54) is 32.1 Å². The molecule has 0 radical (unpaired) electrons. The van der Waals surface area contributed by atoms with Crippen LogP contribution < -0.4 is 5.32 Å². The number of rotatable bonds is 3. The lowest BCUT2D eigenvalue weighted by Crippen LogP contribution is -2.59. The van der Waals surface area contributed by atoms with Gasteiger partial charge in [-0.25, -0.2) is 0 Å². The Labute approximate surface area is 173 Å². The van der Waals surface area contributed by atoms with Crippen molar-refractivity contribution in [3.05, 3.63) is 24.3 Å². The van der Waals surface area contributed by atoms with Crippen LogP contribution >= 0.6 is 0 Å². The van der Waals surface area contributed by atoms with E-state index in [0.717, 1.165) is 43.8 Å². The molecule has 3 atom stereocenters. The fraction of sp³-hybridized carbons (Fsp3) is 0.652. The molecule has 152 valence electrons. The third kappa shape index (κ3) is 3.87. The Morgan fingerprint density at radius 3 is 2.66 bits per heavy atom. The first kappa shape index (κ1) is 19.9. The lowest BCUT2D eigenvalue weighted by atomic mass is 9.72. The van der Waals surface area contributed by atoms with Gasteiger partial charge in [-0.1, -0.05) is 50.3 Å². The first-order chi connectivity index (χ1) is 14.3. The number of nitrogens with zero attached hydrogens (tertiary/aromatic N) is 5. The second-order valence-corrected chi connectivity index (χ2v) is 8.67. The average molecular weight is 391 g/mol. The molecule has 4 rings (SSSR count). The molecule has 4 aliphatic rings. The van der Waals surface area contributed by atoms with Crippen LogP contribution in [0.2, 0.25) is 0 Å². The van der Waals surface area contributed by atoms with E-state index in [4.69, 9.17) is 4.99 Å². The van der Waals surface area contributed by atoms with Crippen molar-refractivity contribution in [3.63, 3.8) is 0 Å². The molecule has 0 aromatic rings. The highest BCUT2D eigenvalue weighted by Crippen LogP contribution is 2.43. The molecule has 6 heteroatoms. The molecule has 0 aromatic heterocycles. The van der Waals surface area contributed by atoms with Crippen LogP contribution in [0.15, 0.2) is 34.3 Å². The first-order valence-electron chi connectivity index (χ1n) is 11.1. The minimum absolute atomic E-state index is 0.0840. The monoisotopic (exact) mass is 390 g/mol. The predicted molar refractivity (Wildman–Crippen MR) is 114 cm³/mol. The van der Waals surface area contributed by atoms with Crippen LogP contribution in [0, 0.1) is 28.2 Å². The van der Waals surface area contributed by atoms with Crippen LogP contribution in [0.5, 0.6) is 0 Å². The van der Waals surface area contributed by atoms with Crippen molar-refractivity contribution in [1.29, 1.82) is 10.5 Å². The minimum Gasteiger partial charge on any atom is -0.356 e. The van der Waals surface area contributed by atoms with Crippen molar-refractivity contribution in [2.45, 2.75) is 82.5 Å². The topological polar surface area (TPSA) is 87.6 Å². The normalized spacial score (nSPS) is 34.1. The maximum absolute atomic E-state index is 9.76. The van der Waals surface area contributed by atoms with Crippen molar-refractivity contribution in [3.8, 4) is 12.3 Å². The van der Waals surface area contributed by atoms with Crippen molar-refractivity contribution in [1.82, 2.24) is 10.2 Å². The molecule has 0 amide bonds. The Morgan fingerprint density at radius 2 is 1.93 bits per heavy atom.